The highest BCUT2D eigenvalue weighted by Gasteiger charge is 2.22. The van der Waals surface area contributed by atoms with Crippen molar-refractivity contribution < 1.29 is 14.6 Å². The molecule has 2 rings (SSSR count). The van der Waals surface area contributed by atoms with E-state index in [0.29, 0.717) is 5.57 Å². The van der Waals surface area contributed by atoms with Gasteiger partial charge in [-0.2, -0.15) is 0 Å². The van der Waals surface area contributed by atoms with Gasteiger partial charge in [0, 0.05) is 18.1 Å². The van der Waals surface area contributed by atoms with Crippen molar-refractivity contribution in [2.45, 2.75) is 90.4 Å². The average Bonchev–Trinajstić information content (AvgIpc) is 2.77. The van der Waals surface area contributed by atoms with Crippen LogP contribution in [-0.4, -0.2) is 24.3 Å². The number of aliphatic hydroxyl groups is 1. The Labute approximate surface area is 183 Å². The molecule has 0 amide bonds. The number of hydrogen-bond acceptors (Lipinski definition) is 3. The van der Waals surface area contributed by atoms with E-state index in [1.165, 1.54) is 68.9 Å². The Hall–Kier alpha value is -1.61. The lowest BCUT2D eigenvalue weighted by Gasteiger charge is -2.29. The molecule has 0 bridgehead atoms. The van der Waals surface area contributed by atoms with Crippen molar-refractivity contribution in [2.75, 3.05) is 13.2 Å². The predicted molar refractivity (Wildman–Crippen MR) is 125 cm³/mol. The Morgan fingerprint density at radius 1 is 1.13 bits per heavy atom. The van der Waals surface area contributed by atoms with Gasteiger partial charge in [0.15, 0.2) is 0 Å². The summed E-state index contributed by atoms with van der Waals surface area (Å²) >= 11 is 0. The summed E-state index contributed by atoms with van der Waals surface area (Å²) in [6.07, 6.45) is 14.1. The van der Waals surface area contributed by atoms with E-state index >= 15 is 0 Å². The molecule has 0 radical (unpaired) electrons. The first-order valence-electron chi connectivity index (χ1n) is 12.1. The van der Waals surface area contributed by atoms with E-state index in [-0.39, 0.29) is 25.1 Å². The molecule has 1 unspecified atom stereocenters. The summed E-state index contributed by atoms with van der Waals surface area (Å²) in [6, 6.07) is 9.08. The fraction of sp³-hybridized carbons (Fsp3) is 0.667. The number of carbonyl (C=O) groups excluding carboxylic acids is 1. The maximum atomic E-state index is 11.5. The first-order valence-corrected chi connectivity index (χ1v) is 12.1. The van der Waals surface area contributed by atoms with Crippen LogP contribution in [0.15, 0.2) is 36.4 Å². The zero-order valence-electron chi connectivity index (χ0n) is 19.2. The Kier molecular flexibility index (Phi) is 11.2. The fourth-order valence-corrected chi connectivity index (χ4v) is 4.52. The van der Waals surface area contributed by atoms with E-state index in [2.05, 4.69) is 37.8 Å². The Morgan fingerprint density at radius 2 is 1.83 bits per heavy atom. The quantitative estimate of drug-likeness (QED) is 0.225. The number of esters is 1. The molecule has 1 aliphatic rings. The van der Waals surface area contributed by atoms with E-state index in [1.807, 2.05) is 0 Å². The zero-order chi connectivity index (χ0) is 21.8. The van der Waals surface area contributed by atoms with Crippen molar-refractivity contribution in [1.82, 2.24) is 0 Å². The lowest BCUT2D eigenvalue weighted by Crippen LogP contribution is -2.18. The molecule has 3 heteroatoms. The fourth-order valence-electron chi connectivity index (χ4n) is 4.52. The first kappa shape index (κ1) is 24.7. The van der Waals surface area contributed by atoms with Crippen LogP contribution in [0.25, 0.3) is 0 Å². The van der Waals surface area contributed by atoms with Crippen molar-refractivity contribution in [2.24, 2.45) is 11.8 Å². The van der Waals surface area contributed by atoms with Crippen LogP contribution in [0.5, 0.6) is 0 Å². The van der Waals surface area contributed by atoms with E-state index < -0.39 is 0 Å². The molecule has 1 aromatic carbocycles. The Bertz CT molecular complexity index is 626. The first-order chi connectivity index (χ1) is 14.5. The van der Waals surface area contributed by atoms with Crippen molar-refractivity contribution in [3.63, 3.8) is 0 Å². The number of aryl methyl sites for hydroxylation is 1. The smallest absolute Gasteiger partial charge is 0.333 e. The van der Waals surface area contributed by atoms with Gasteiger partial charge in [-0.1, -0.05) is 69.9 Å². The third-order valence-corrected chi connectivity index (χ3v) is 6.66. The van der Waals surface area contributed by atoms with Crippen LogP contribution < -0.4 is 0 Å². The maximum Gasteiger partial charge on any atom is 0.333 e. The van der Waals surface area contributed by atoms with Gasteiger partial charge in [0.2, 0.25) is 0 Å². The standard InChI is InChI=1S/C27H42O3/c1-4-5-6-7-8-22-11-15-25(16-12-22)26-17-13-23(14-18-26)9-10-24(19-28)20-30-27(29)21(2)3/h13-14,17-18,22,24-25,28H,2,4-12,15-16,19-20H2,1,3H3. The number of carbonyl (C=O) groups is 1. The molecule has 0 saturated heterocycles. The lowest BCUT2D eigenvalue weighted by molar-refractivity contribution is -0.140. The minimum absolute atomic E-state index is 0.0272. The van der Waals surface area contributed by atoms with Crippen LogP contribution in [0.2, 0.25) is 0 Å². The van der Waals surface area contributed by atoms with E-state index in [4.69, 9.17) is 4.74 Å². The molecule has 1 aromatic rings. The number of aliphatic hydroxyl groups excluding tert-OH is 1. The van der Waals surface area contributed by atoms with Crippen LogP contribution >= 0.6 is 0 Å². The van der Waals surface area contributed by atoms with Crippen molar-refractivity contribution in [3.05, 3.63) is 47.5 Å². The number of ether oxygens (including phenoxy) is 1. The van der Waals surface area contributed by atoms with Gasteiger partial charge in [-0.15, -0.1) is 0 Å². The molecular formula is C27H42O3. The minimum Gasteiger partial charge on any atom is -0.462 e. The van der Waals surface area contributed by atoms with Gasteiger partial charge in [-0.25, -0.2) is 4.79 Å². The summed E-state index contributed by atoms with van der Waals surface area (Å²) in [4.78, 5) is 11.5. The Balaban J connectivity index is 1.72. The molecule has 3 nitrogen and oxygen atoms in total. The Morgan fingerprint density at radius 3 is 2.43 bits per heavy atom. The predicted octanol–water partition coefficient (Wildman–Crippen LogP) is 6.59. The third-order valence-electron chi connectivity index (χ3n) is 6.66. The van der Waals surface area contributed by atoms with Crippen LogP contribution in [-0.2, 0) is 16.0 Å². The molecule has 30 heavy (non-hydrogen) atoms. The highest BCUT2D eigenvalue weighted by Crippen LogP contribution is 2.37. The molecular weight excluding hydrogens is 372 g/mol. The summed E-state index contributed by atoms with van der Waals surface area (Å²) < 4.78 is 5.19. The van der Waals surface area contributed by atoms with Crippen molar-refractivity contribution in [1.29, 1.82) is 0 Å². The topological polar surface area (TPSA) is 46.5 Å². The highest BCUT2D eigenvalue weighted by atomic mass is 16.5. The molecule has 1 saturated carbocycles. The molecule has 0 spiro atoms. The van der Waals surface area contributed by atoms with E-state index in [0.717, 1.165) is 24.7 Å². The van der Waals surface area contributed by atoms with Crippen molar-refractivity contribution >= 4 is 5.97 Å². The van der Waals surface area contributed by atoms with Crippen LogP contribution in [0.4, 0.5) is 0 Å². The second-order valence-corrected chi connectivity index (χ2v) is 9.27. The van der Waals surface area contributed by atoms with Crippen LogP contribution in [0.3, 0.4) is 0 Å². The molecule has 0 aliphatic heterocycles. The summed E-state index contributed by atoms with van der Waals surface area (Å²) in [7, 11) is 0. The second kappa shape index (κ2) is 13.6. The van der Waals surface area contributed by atoms with Gasteiger partial charge in [0.25, 0.3) is 0 Å². The average molecular weight is 415 g/mol. The third kappa shape index (κ3) is 8.63. The van der Waals surface area contributed by atoms with Gasteiger partial charge < -0.3 is 9.84 Å². The van der Waals surface area contributed by atoms with Crippen LogP contribution in [0.1, 0.15) is 95.1 Å². The van der Waals surface area contributed by atoms with Crippen LogP contribution in [0, 0.1) is 11.8 Å². The summed E-state index contributed by atoms with van der Waals surface area (Å²) in [5, 5.41) is 9.56. The lowest BCUT2D eigenvalue weighted by atomic mass is 9.77. The SMILES string of the molecule is C=C(C)C(=O)OCC(CO)CCc1ccc(C2CCC(CCCCCC)CC2)cc1. The number of rotatable bonds is 13. The molecule has 1 fully saturated rings. The van der Waals surface area contributed by atoms with Gasteiger partial charge in [0.1, 0.15) is 0 Å². The van der Waals surface area contributed by atoms with E-state index in [9.17, 15) is 9.90 Å². The molecule has 0 aromatic heterocycles. The summed E-state index contributed by atoms with van der Waals surface area (Å²) in [5.74, 6) is 1.26. The van der Waals surface area contributed by atoms with Gasteiger partial charge >= 0.3 is 5.97 Å². The van der Waals surface area contributed by atoms with Crippen molar-refractivity contribution in [3.8, 4) is 0 Å². The monoisotopic (exact) mass is 414 g/mol. The minimum atomic E-state index is -0.381. The maximum absolute atomic E-state index is 11.5. The second-order valence-electron chi connectivity index (χ2n) is 9.27. The summed E-state index contributed by atoms with van der Waals surface area (Å²) in [6.45, 7) is 7.79. The molecule has 1 N–H and O–H groups in total. The molecule has 168 valence electrons. The highest BCUT2D eigenvalue weighted by molar-refractivity contribution is 5.86. The normalized spacial score (nSPS) is 20.0. The number of unbranched alkanes of at least 4 members (excludes halogenated alkanes) is 3. The molecule has 1 aliphatic carbocycles. The molecule has 1 atom stereocenters. The van der Waals surface area contributed by atoms with Gasteiger partial charge in [0.05, 0.1) is 6.61 Å². The number of benzene rings is 1. The molecule has 0 heterocycles. The number of hydrogen-bond donors (Lipinski definition) is 1. The van der Waals surface area contributed by atoms with Gasteiger partial charge in [-0.05, 0) is 68.4 Å². The zero-order valence-corrected chi connectivity index (χ0v) is 19.2. The van der Waals surface area contributed by atoms with E-state index in [1.54, 1.807) is 6.92 Å². The van der Waals surface area contributed by atoms with Gasteiger partial charge in [-0.3, -0.25) is 0 Å². The largest absolute Gasteiger partial charge is 0.462 e. The summed E-state index contributed by atoms with van der Waals surface area (Å²) in [5.41, 5.74) is 3.16.